The molecule has 2 aromatic rings. The normalized spacial score (nSPS) is 19.4. The molecule has 1 aromatic heterocycles. The number of ether oxygens (including phenoxy) is 1. The molecular formula is C23H33N5O5S. The average molecular weight is 492 g/mol. The molecule has 0 radical (unpaired) electrons. The smallest absolute Gasteiger partial charge is 0.308 e. The number of rotatable bonds is 8. The zero-order chi connectivity index (χ0) is 24.0. The number of morpholine rings is 1. The van der Waals surface area contributed by atoms with Gasteiger partial charge in [-0.15, -0.1) is 10.2 Å². The van der Waals surface area contributed by atoms with Gasteiger partial charge in [0.15, 0.2) is 0 Å². The summed E-state index contributed by atoms with van der Waals surface area (Å²) in [5.74, 6) is -0.353. The van der Waals surface area contributed by atoms with E-state index in [2.05, 4.69) is 27.3 Å². The maximum atomic E-state index is 12.8. The molecule has 0 bridgehead atoms. The van der Waals surface area contributed by atoms with Crippen molar-refractivity contribution < 1.29 is 22.4 Å². The van der Waals surface area contributed by atoms with Gasteiger partial charge in [0.1, 0.15) is 0 Å². The van der Waals surface area contributed by atoms with Gasteiger partial charge < -0.3 is 19.4 Å². The maximum absolute atomic E-state index is 12.8. The second-order valence-electron chi connectivity index (χ2n) is 8.80. The topological polar surface area (TPSA) is 118 Å². The summed E-state index contributed by atoms with van der Waals surface area (Å²) in [6.07, 6.45) is 5.92. The molecular weight excluding hydrogens is 458 g/mol. The predicted molar refractivity (Wildman–Crippen MR) is 126 cm³/mol. The lowest BCUT2D eigenvalue weighted by molar-refractivity contribution is 0.0730. The van der Waals surface area contributed by atoms with E-state index in [1.165, 1.54) is 42.1 Å². The van der Waals surface area contributed by atoms with Crippen LogP contribution in [0.4, 0.5) is 0 Å². The maximum Gasteiger partial charge on any atom is 0.308 e. The number of carbonyl (C=O) groups is 1. The fraction of sp³-hybridized carbons (Fsp3) is 0.609. The van der Waals surface area contributed by atoms with Gasteiger partial charge in [-0.05, 0) is 63.5 Å². The standard InChI is InChI=1S/C23H33N5O5S/c1-18(27-12-4-2-3-5-13-27)10-11-24-21(29)23-26-25-22(33-23)19-6-8-20(9-7-19)34(30,31)28-14-16-32-17-15-28/h6-9,18H,2-5,10-17H2,1H3,(H,24,29). The molecule has 34 heavy (non-hydrogen) atoms. The van der Waals surface area contributed by atoms with E-state index < -0.39 is 15.9 Å². The molecule has 2 aliphatic heterocycles. The highest BCUT2D eigenvalue weighted by atomic mass is 32.2. The van der Waals surface area contributed by atoms with E-state index in [0.29, 0.717) is 44.5 Å². The number of nitrogens with zero attached hydrogens (tertiary/aromatic N) is 4. The second kappa shape index (κ2) is 11.4. The van der Waals surface area contributed by atoms with E-state index in [0.717, 1.165) is 19.5 Å². The first-order valence-electron chi connectivity index (χ1n) is 12.0. The molecule has 0 spiro atoms. The molecule has 10 nitrogen and oxygen atoms in total. The molecule has 1 unspecified atom stereocenters. The molecule has 0 aliphatic carbocycles. The molecule has 4 rings (SSSR count). The summed E-state index contributed by atoms with van der Waals surface area (Å²) in [6.45, 7) is 6.42. The van der Waals surface area contributed by atoms with Gasteiger partial charge in [-0.2, -0.15) is 4.31 Å². The predicted octanol–water partition coefficient (Wildman–Crippen LogP) is 2.14. The highest BCUT2D eigenvalue weighted by Gasteiger charge is 2.26. The van der Waals surface area contributed by atoms with Gasteiger partial charge in [-0.3, -0.25) is 4.79 Å². The summed E-state index contributed by atoms with van der Waals surface area (Å²) in [5.41, 5.74) is 0.544. The van der Waals surface area contributed by atoms with Gasteiger partial charge in [0.2, 0.25) is 15.9 Å². The van der Waals surface area contributed by atoms with Crippen molar-refractivity contribution in [1.29, 1.82) is 0 Å². The summed E-state index contributed by atoms with van der Waals surface area (Å²) in [6, 6.07) is 6.63. The Kier molecular flexibility index (Phi) is 8.30. The number of nitrogens with one attached hydrogen (secondary N) is 1. The van der Waals surface area contributed by atoms with Gasteiger partial charge in [-0.25, -0.2) is 8.42 Å². The molecule has 11 heteroatoms. The molecule has 0 saturated carbocycles. The van der Waals surface area contributed by atoms with Crippen LogP contribution in [0.15, 0.2) is 33.6 Å². The molecule has 2 aliphatic rings. The monoisotopic (exact) mass is 491 g/mol. The minimum Gasteiger partial charge on any atom is -0.412 e. The van der Waals surface area contributed by atoms with Crippen LogP contribution in [0.5, 0.6) is 0 Å². The Morgan fingerprint density at radius 2 is 1.71 bits per heavy atom. The Hall–Kier alpha value is -2.34. The van der Waals surface area contributed by atoms with Crippen LogP contribution >= 0.6 is 0 Å². The SMILES string of the molecule is CC(CCNC(=O)c1nnc(-c2ccc(S(=O)(=O)N3CCOCC3)cc2)o1)N1CCCCCC1. The second-order valence-corrected chi connectivity index (χ2v) is 10.7. The summed E-state index contributed by atoms with van der Waals surface area (Å²) in [5, 5.41) is 10.7. The first-order chi connectivity index (χ1) is 16.4. The summed E-state index contributed by atoms with van der Waals surface area (Å²) < 4.78 is 37.7. The molecule has 1 N–H and O–H groups in total. The molecule has 186 valence electrons. The van der Waals surface area contributed by atoms with Crippen LogP contribution in [0.1, 0.15) is 49.7 Å². The summed E-state index contributed by atoms with van der Waals surface area (Å²) in [7, 11) is -3.58. The molecule has 3 heterocycles. The Morgan fingerprint density at radius 3 is 2.38 bits per heavy atom. The van der Waals surface area contributed by atoms with Crippen LogP contribution < -0.4 is 5.32 Å². The highest BCUT2D eigenvalue weighted by molar-refractivity contribution is 7.89. The van der Waals surface area contributed by atoms with E-state index in [1.807, 2.05) is 0 Å². The Bertz CT molecular complexity index is 1040. The van der Waals surface area contributed by atoms with Crippen molar-refractivity contribution in [2.24, 2.45) is 0 Å². The third-order valence-corrected chi connectivity index (χ3v) is 8.35. The minimum atomic E-state index is -3.58. The van der Waals surface area contributed by atoms with E-state index in [9.17, 15) is 13.2 Å². The average Bonchev–Trinajstić information content (AvgIpc) is 3.20. The van der Waals surface area contributed by atoms with E-state index >= 15 is 0 Å². The Labute approximate surface area is 200 Å². The van der Waals surface area contributed by atoms with E-state index in [-0.39, 0.29) is 16.7 Å². The Morgan fingerprint density at radius 1 is 1.03 bits per heavy atom. The highest BCUT2D eigenvalue weighted by Crippen LogP contribution is 2.23. The van der Waals surface area contributed by atoms with Crippen molar-refractivity contribution in [3.05, 3.63) is 30.2 Å². The fourth-order valence-corrected chi connectivity index (χ4v) is 5.73. The number of benzene rings is 1. The van der Waals surface area contributed by atoms with Gasteiger partial charge in [0.05, 0.1) is 18.1 Å². The van der Waals surface area contributed by atoms with E-state index in [1.54, 1.807) is 12.1 Å². The molecule has 1 atom stereocenters. The van der Waals surface area contributed by atoms with Crippen molar-refractivity contribution in [3.63, 3.8) is 0 Å². The summed E-state index contributed by atoms with van der Waals surface area (Å²) in [4.78, 5) is 15.1. The third kappa shape index (κ3) is 6.01. The fourth-order valence-electron chi connectivity index (χ4n) is 4.33. The number of amides is 1. The molecule has 2 fully saturated rings. The number of aromatic nitrogens is 2. The molecule has 1 aromatic carbocycles. The van der Waals surface area contributed by atoms with Crippen molar-refractivity contribution in [1.82, 2.24) is 24.7 Å². The zero-order valence-electron chi connectivity index (χ0n) is 19.6. The lowest BCUT2D eigenvalue weighted by atomic mass is 10.2. The number of likely N-dealkylation sites (tertiary alicyclic amines) is 1. The third-order valence-electron chi connectivity index (χ3n) is 6.44. The van der Waals surface area contributed by atoms with Gasteiger partial charge in [0.25, 0.3) is 0 Å². The zero-order valence-corrected chi connectivity index (χ0v) is 20.4. The van der Waals surface area contributed by atoms with E-state index in [4.69, 9.17) is 9.15 Å². The molecule has 2 saturated heterocycles. The number of hydrogen-bond donors (Lipinski definition) is 1. The quantitative estimate of drug-likeness (QED) is 0.597. The van der Waals surface area contributed by atoms with Crippen molar-refractivity contribution in [2.45, 2.75) is 50.0 Å². The largest absolute Gasteiger partial charge is 0.412 e. The van der Waals surface area contributed by atoms with Crippen LogP contribution in [0.25, 0.3) is 11.5 Å². The summed E-state index contributed by atoms with van der Waals surface area (Å²) >= 11 is 0. The van der Waals surface area contributed by atoms with Crippen molar-refractivity contribution >= 4 is 15.9 Å². The van der Waals surface area contributed by atoms with Gasteiger partial charge in [-0.1, -0.05) is 12.8 Å². The van der Waals surface area contributed by atoms with Crippen LogP contribution in [0, 0.1) is 0 Å². The van der Waals surface area contributed by atoms with Crippen LogP contribution in [0.2, 0.25) is 0 Å². The van der Waals surface area contributed by atoms with Crippen LogP contribution in [-0.2, 0) is 14.8 Å². The minimum absolute atomic E-state index is 0.109. The first-order valence-corrected chi connectivity index (χ1v) is 13.4. The number of hydrogen-bond acceptors (Lipinski definition) is 8. The lowest BCUT2D eigenvalue weighted by Crippen LogP contribution is -2.40. The lowest BCUT2D eigenvalue weighted by Gasteiger charge is -2.27. The van der Waals surface area contributed by atoms with Crippen molar-refractivity contribution in [3.8, 4) is 11.5 Å². The molecule has 1 amide bonds. The number of carbonyl (C=O) groups excluding carboxylic acids is 1. The Balaban J connectivity index is 1.31. The number of sulfonamides is 1. The first kappa shape index (κ1) is 24.8. The van der Waals surface area contributed by atoms with Gasteiger partial charge >= 0.3 is 11.8 Å². The van der Waals surface area contributed by atoms with Crippen LogP contribution in [-0.4, -0.2) is 85.7 Å². The van der Waals surface area contributed by atoms with Crippen LogP contribution in [0.3, 0.4) is 0 Å². The van der Waals surface area contributed by atoms with Crippen molar-refractivity contribution in [2.75, 3.05) is 45.9 Å². The van der Waals surface area contributed by atoms with Gasteiger partial charge in [0, 0.05) is 31.2 Å².